The van der Waals surface area contributed by atoms with Crippen LogP contribution in [0.4, 0.5) is 5.82 Å². The molecule has 0 unspecified atom stereocenters. The maximum absolute atomic E-state index is 5.68. The number of nitrogen functional groups attached to an aromatic ring is 1. The second-order valence-electron chi connectivity index (χ2n) is 2.80. The third-order valence-electron chi connectivity index (χ3n) is 1.87. The number of H-pyrrole nitrogens is 1. The first-order valence-electron chi connectivity index (χ1n) is 4.12. The fourth-order valence-corrected chi connectivity index (χ4v) is 1.09. The lowest BCUT2D eigenvalue weighted by Gasteiger charge is -2.02. The lowest BCUT2D eigenvalue weighted by atomic mass is 10.3. The van der Waals surface area contributed by atoms with E-state index < -0.39 is 0 Å². The van der Waals surface area contributed by atoms with E-state index in [0.717, 1.165) is 11.1 Å². The Bertz CT molecular complexity index is 421. The van der Waals surface area contributed by atoms with E-state index in [9.17, 15) is 0 Å². The fourth-order valence-electron chi connectivity index (χ4n) is 1.09. The molecular weight excluding hydrogens is 180 g/mol. The van der Waals surface area contributed by atoms with E-state index in [4.69, 9.17) is 11.5 Å². The molecule has 2 rings (SSSR count). The highest BCUT2D eigenvalue weighted by Gasteiger charge is 2.05. The van der Waals surface area contributed by atoms with E-state index in [1.54, 1.807) is 18.6 Å². The topological polar surface area (TPSA) is 106 Å². The minimum atomic E-state index is 0.345. The van der Waals surface area contributed by atoms with Gasteiger partial charge in [0.1, 0.15) is 5.82 Å². The summed E-state index contributed by atoms with van der Waals surface area (Å²) in [6, 6.07) is 0. The van der Waals surface area contributed by atoms with Crippen LogP contribution < -0.4 is 11.5 Å². The molecule has 0 radical (unpaired) electrons. The number of aromatic amines is 1. The predicted molar refractivity (Wildman–Crippen MR) is 51.9 cm³/mol. The monoisotopic (exact) mass is 190 g/mol. The Morgan fingerprint density at radius 1 is 1.36 bits per heavy atom. The third kappa shape index (κ3) is 1.42. The van der Waals surface area contributed by atoms with Crippen molar-refractivity contribution in [2.75, 3.05) is 5.73 Å². The maximum Gasteiger partial charge on any atom is 0.164 e. The summed E-state index contributed by atoms with van der Waals surface area (Å²) in [5.74, 6) is 0.965. The molecule has 5 N–H and O–H groups in total. The van der Waals surface area contributed by atoms with E-state index in [0.29, 0.717) is 18.2 Å². The molecule has 0 bridgehead atoms. The Balaban J connectivity index is 2.43. The van der Waals surface area contributed by atoms with E-state index in [-0.39, 0.29) is 0 Å². The Morgan fingerprint density at radius 2 is 2.21 bits per heavy atom. The van der Waals surface area contributed by atoms with Crippen molar-refractivity contribution < 1.29 is 0 Å². The second-order valence-corrected chi connectivity index (χ2v) is 2.80. The molecule has 0 amide bonds. The number of anilines is 1. The van der Waals surface area contributed by atoms with Gasteiger partial charge in [-0.15, -0.1) is 0 Å². The number of nitrogens with one attached hydrogen (secondary N) is 1. The SMILES string of the molecule is NCc1cnc(-c2cn[nH]c2)nc1N. The molecule has 0 aliphatic carbocycles. The number of nitrogens with two attached hydrogens (primary N) is 2. The zero-order chi connectivity index (χ0) is 9.97. The van der Waals surface area contributed by atoms with E-state index in [1.165, 1.54) is 0 Å². The molecule has 6 nitrogen and oxygen atoms in total. The number of aromatic nitrogens is 4. The molecule has 0 aromatic carbocycles. The highest BCUT2D eigenvalue weighted by molar-refractivity contribution is 5.55. The maximum atomic E-state index is 5.68. The standard InChI is InChI=1S/C8H10N6/c9-1-5-2-11-8(14-7(5)10)6-3-12-13-4-6/h2-4H,1,9H2,(H,12,13)(H2,10,11,14). The Morgan fingerprint density at radius 3 is 2.79 bits per heavy atom. The predicted octanol–water partition coefficient (Wildman–Crippen LogP) is -0.0924. The highest BCUT2D eigenvalue weighted by atomic mass is 15.1. The van der Waals surface area contributed by atoms with Gasteiger partial charge in [-0.25, -0.2) is 9.97 Å². The first-order chi connectivity index (χ1) is 6.81. The summed E-state index contributed by atoms with van der Waals surface area (Å²) >= 11 is 0. The minimum absolute atomic E-state index is 0.345. The zero-order valence-electron chi connectivity index (χ0n) is 7.44. The largest absolute Gasteiger partial charge is 0.383 e. The van der Waals surface area contributed by atoms with Crippen molar-refractivity contribution in [1.29, 1.82) is 0 Å². The summed E-state index contributed by atoms with van der Waals surface area (Å²) in [7, 11) is 0. The van der Waals surface area contributed by atoms with Crippen molar-refractivity contribution in [3.63, 3.8) is 0 Å². The van der Waals surface area contributed by atoms with Crippen molar-refractivity contribution in [1.82, 2.24) is 20.2 Å². The summed E-state index contributed by atoms with van der Waals surface area (Å²) in [5.41, 5.74) is 12.7. The van der Waals surface area contributed by atoms with Crippen molar-refractivity contribution in [3.05, 3.63) is 24.2 Å². The molecular formula is C8H10N6. The van der Waals surface area contributed by atoms with Gasteiger partial charge in [0.15, 0.2) is 5.82 Å². The summed E-state index contributed by atoms with van der Waals surface area (Å²) in [6.07, 6.45) is 4.97. The van der Waals surface area contributed by atoms with Crippen molar-refractivity contribution in [2.45, 2.75) is 6.54 Å². The smallest absolute Gasteiger partial charge is 0.164 e. The molecule has 2 aromatic heterocycles. The molecule has 0 saturated carbocycles. The summed E-state index contributed by atoms with van der Waals surface area (Å²) in [6.45, 7) is 0.345. The van der Waals surface area contributed by atoms with Gasteiger partial charge in [-0.1, -0.05) is 0 Å². The normalized spacial score (nSPS) is 10.4. The second kappa shape index (κ2) is 3.43. The van der Waals surface area contributed by atoms with Crippen LogP contribution in [0.2, 0.25) is 0 Å². The molecule has 0 aliphatic rings. The number of hydrogen-bond donors (Lipinski definition) is 3. The van der Waals surface area contributed by atoms with Crippen LogP contribution in [-0.2, 0) is 6.54 Å². The minimum Gasteiger partial charge on any atom is -0.383 e. The average Bonchev–Trinajstić information content (AvgIpc) is 2.70. The molecule has 0 fully saturated rings. The Kier molecular flexibility index (Phi) is 2.11. The van der Waals surface area contributed by atoms with Crippen LogP contribution in [-0.4, -0.2) is 20.2 Å². The molecule has 0 saturated heterocycles. The van der Waals surface area contributed by atoms with Crippen molar-refractivity contribution in [2.24, 2.45) is 5.73 Å². The van der Waals surface area contributed by atoms with Gasteiger partial charge in [-0.2, -0.15) is 5.10 Å². The van der Waals surface area contributed by atoms with Gasteiger partial charge in [0.2, 0.25) is 0 Å². The summed E-state index contributed by atoms with van der Waals surface area (Å²) in [4.78, 5) is 8.23. The van der Waals surface area contributed by atoms with Crippen molar-refractivity contribution in [3.8, 4) is 11.4 Å². The van der Waals surface area contributed by atoms with E-state index in [2.05, 4.69) is 20.2 Å². The third-order valence-corrected chi connectivity index (χ3v) is 1.87. The number of rotatable bonds is 2. The summed E-state index contributed by atoms with van der Waals surface area (Å²) in [5, 5.41) is 6.48. The highest BCUT2D eigenvalue weighted by Crippen LogP contribution is 2.15. The first kappa shape index (κ1) is 8.64. The van der Waals surface area contributed by atoms with Crippen molar-refractivity contribution >= 4 is 5.82 Å². The Hall–Kier alpha value is -1.95. The average molecular weight is 190 g/mol. The lowest BCUT2D eigenvalue weighted by molar-refractivity contribution is 1.02. The van der Waals surface area contributed by atoms with Crippen LogP contribution in [0.5, 0.6) is 0 Å². The fraction of sp³-hybridized carbons (Fsp3) is 0.125. The quantitative estimate of drug-likeness (QED) is 0.613. The van der Waals surface area contributed by atoms with Crippen LogP contribution >= 0.6 is 0 Å². The molecule has 72 valence electrons. The van der Waals surface area contributed by atoms with Gasteiger partial charge >= 0.3 is 0 Å². The van der Waals surface area contributed by atoms with Gasteiger partial charge in [0.05, 0.1) is 11.8 Å². The van der Waals surface area contributed by atoms with Crippen LogP contribution in [0.1, 0.15) is 5.56 Å². The van der Waals surface area contributed by atoms with Crippen LogP contribution in [0.25, 0.3) is 11.4 Å². The first-order valence-corrected chi connectivity index (χ1v) is 4.12. The summed E-state index contributed by atoms with van der Waals surface area (Å²) < 4.78 is 0. The molecule has 2 heterocycles. The van der Waals surface area contributed by atoms with Gasteiger partial charge in [-0.3, -0.25) is 5.10 Å². The molecule has 0 aliphatic heterocycles. The van der Waals surface area contributed by atoms with Crippen LogP contribution in [0, 0.1) is 0 Å². The van der Waals surface area contributed by atoms with Gasteiger partial charge in [-0.05, 0) is 0 Å². The molecule has 2 aromatic rings. The van der Waals surface area contributed by atoms with Gasteiger partial charge < -0.3 is 11.5 Å². The molecule has 14 heavy (non-hydrogen) atoms. The molecule has 0 atom stereocenters. The van der Waals surface area contributed by atoms with Gasteiger partial charge in [0, 0.05) is 24.5 Å². The number of nitrogens with zero attached hydrogens (tertiary/aromatic N) is 3. The van der Waals surface area contributed by atoms with Gasteiger partial charge in [0.25, 0.3) is 0 Å². The molecule has 0 spiro atoms. The molecule has 6 heteroatoms. The van der Waals surface area contributed by atoms with Crippen LogP contribution in [0.3, 0.4) is 0 Å². The Labute approximate surface area is 80.4 Å². The van der Waals surface area contributed by atoms with Crippen LogP contribution in [0.15, 0.2) is 18.6 Å². The van der Waals surface area contributed by atoms with E-state index in [1.807, 2.05) is 0 Å². The number of hydrogen-bond acceptors (Lipinski definition) is 5. The lowest BCUT2D eigenvalue weighted by Crippen LogP contribution is -2.05. The van der Waals surface area contributed by atoms with E-state index >= 15 is 0 Å². The zero-order valence-corrected chi connectivity index (χ0v) is 7.44.